The monoisotopic (exact) mass is 270 g/mol. The molecule has 1 N–H and O–H groups in total. The van der Waals surface area contributed by atoms with E-state index < -0.39 is 11.4 Å². The molecule has 0 amide bonds. The lowest BCUT2D eigenvalue weighted by Gasteiger charge is -2.31. The van der Waals surface area contributed by atoms with Crippen LogP contribution in [0.2, 0.25) is 0 Å². The van der Waals surface area contributed by atoms with Crippen molar-refractivity contribution in [1.82, 2.24) is 9.88 Å². The molecule has 0 unspecified atom stereocenters. The van der Waals surface area contributed by atoms with Crippen LogP contribution < -0.4 is 0 Å². The van der Waals surface area contributed by atoms with Gasteiger partial charge >= 0.3 is 5.97 Å². The summed E-state index contributed by atoms with van der Waals surface area (Å²) in [4.78, 5) is 17.9. The van der Waals surface area contributed by atoms with Gasteiger partial charge in [0.1, 0.15) is 0 Å². The first-order valence-electron chi connectivity index (χ1n) is 6.26. The van der Waals surface area contributed by atoms with Crippen molar-refractivity contribution in [2.45, 2.75) is 40.2 Å². The van der Waals surface area contributed by atoms with E-state index in [1.54, 1.807) is 11.3 Å². The van der Waals surface area contributed by atoms with Crippen molar-refractivity contribution in [2.24, 2.45) is 5.41 Å². The van der Waals surface area contributed by atoms with Crippen molar-refractivity contribution in [3.63, 3.8) is 0 Å². The van der Waals surface area contributed by atoms with E-state index in [1.807, 2.05) is 33.2 Å². The van der Waals surface area contributed by atoms with E-state index in [1.165, 1.54) is 0 Å². The molecule has 4 nitrogen and oxygen atoms in total. The van der Waals surface area contributed by atoms with Crippen LogP contribution in [0.1, 0.15) is 37.4 Å². The third-order valence-electron chi connectivity index (χ3n) is 3.48. The third kappa shape index (κ3) is 3.53. The average molecular weight is 270 g/mol. The van der Waals surface area contributed by atoms with E-state index in [2.05, 4.69) is 9.88 Å². The summed E-state index contributed by atoms with van der Waals surface area (Å²) in [6, 6.07) is 0. The predicted octanol–water partition coefficient (Wildman–Crippen LogP) is 2.77. The van der Waals surface area contributed by atoms with Gasteiger partial charge in [-0.15, -0.1) is 11.3 Å². The maximum Gasteiger partial charge on any atom is 0.310 e. The van der Waals surface area contributed by atoms with Gasteiger partial charge in [-0.1, -0.05) is 13.8 Å². The number of rotatable bonds is 7. The lowest BCUT2D eigenvalue weighted by molar-refractivity contribution is -0.150. The first-order valence-corrected chi connectivity index (χ1v) is 7.14. The number of aryl methyl sites for hydroxylation is 1. The van der Waals surface area contributed by atoms with Gasteiger partial charge in [0.15, 0.2) is 0 Å². The van der Waals surface area contributed by atoms with E-state index in [-0.39, 0.29) is 0 Å². The fourth-order valence-corrected chi connectivity index (χ4v) is 2.78. The molecule has 0 atom stereocenters. The molecule has 1 rings (SSSR count). The highest BCUT2D eigenvalue weighted by Crippen LogP contribution is 2.28. The molecule has 0 aromatic carbocycles. The number of aromatic nitrogens is 1. The van der Waals surface area contributed by atoms with Gasteiger partial charge in [0.25, 0.3) is 0 Å². The van der Waals surface area contributed by atoms with Crippen molar-refractivity contribution in [3.8, 4) is 0 Å². The Morgan fingerprint density at radius 1 is 1.50 bits per heavy atom. The maximum atomic E-state index is 11.4. The first-order chi connectivity index (χ1) is 8.43. The van der Waals surface area contributed by atoms with Gasteiger partial charge < -0.3 is 5.11 Å². The Balaban J connectivity index is 2.67. The highest BCUT2D eigenvalue weighted by molar-refractivity contribution is 7.09. The summed E-state index contributed by atoms with van der Waals surface area (Å²) >= 11 is 1.63. The zero-order valence-corrected chi connectivity index (χ0v) is 12.4. The zero-order valence-electron chi connectivity index (χ0n) is 11.6. The number of aliphatic carboxylic acids is 1. The minimum Gasteiger partial charge on any atom is -0.481 e. The van der Waals surface area contributed by atoms with Gasteiger partial charge in [-0.2, -0.15) is 0 Å². The number of hydrogen-bond acceptors (Lipinski definition) is 4. The van der Waals surface area contributed by atoms with Gasteiger partial charge in [-0.05, 0) is 26.8 Å². The molecular weight excluding hydrogens is 248 g/mol. The highest BCUT2D eigenvalue weighted by Gasteiger charge is 2.35. The van der Waals surface area contributed by atoms with Crippen molar-refractivity contribution in [1.29, 1.82) is 0 Å². The van der Waals surface area contributed by atoms with E-state index in [0.29, 0.717) is 25.9 Å². The Labute approximate surface area is 113 Å². The van der Waals surface area contributed by atoms with Crippen LogP contribution in [-0.4, -0.2) is 34.6 Å². The van der Waals surface area contributed by atoms with Gasteiger partial charge in [-0.3, -0.25) is 9.69 Å². The largest absolute Gasteiger partial charge is 0.481 e. The summed E-state index contributed by atoms with van der Waals surface area (Å²) in [5.74, 6) is -0.700. The smallest absolute Gasteiger partial charge is 0.310 e. The summed E-state index contributed by atoms with van der Waals surface area (Å²) < 4.78 is 0. The molecule has 18 heavy (non-hydrogen) atoms. The lowest BCUT2D eigenvalue weighted by atomic mass is 9.82. The van der Waals surface area contributed by atoms with Crippen LogP contribution in [0.4, 0.5) is 0 Å². The first kappa shape index (κ1) is 15.1. The van der Waals surface area contributed by atoms with E-state index in [9.17, 15) is 9.90 Å². The molecule has 102 valence electrons. The van der Waals surface area contributed by atoms with Gasteiger partial charge in [0.05, 0.1) is 16.1 Å². The number of thiazole rings is 1. The Morgan fingerprint density at radius 3 is 2.50 bits per heavy atom. The van der Waals surface area contributed by atoms with Crippen LogP contribution >= 0.6 is 11.3 Å². The molecule has 0 bridgehead atoms. The second kappa shape index (κ2) is 6.29. The normalized spacial score (nSPS) is 12.1. The lowest BCUT2D eigenvalue weighted by Crippen LogP contribution is -2.40. The SMILES string of the molecule is CCC(CC)(CN(C)Cc1csc(C)n1)C(=O)O. The molecular formula is C13H22N2O2S. The van der Waals surface area contributed by atoms with E-state index >= 15 is 0 Å². The standard InChI is InChI=1S/C13H22N2O2S/c1-5-13(6-2,12(16)17)9-15(4)7-11-8-18-10(3)14-11/h8H,5-7,9H2,1-4H3,(H,16,17). The van der Waals surface area contributed by atoms with E-state index in [0.717, 1.165) is 10.7 Å². The molecule has 0 aliphatic carbocycles. The Kier molecular flexibility index (Phi) is 5.28. The molecule has 0 spiro atoms. The Bertz CT molecular complexity index is 399. The van der Waals surface area contributed by atoms with Crippen LogP contribution in [0.3, 0.4) is 0 Å². The van der Waals surface area contributed by atoms with Gasteiger partial charge in [-0.25, -0.2) is 4.98 Å². The number of carboxylic acid groups (broad SMARTS) is 1. The summed E-state index contributed by atoms with van der Waals surface area (Å²) in [7, 11) is 1.96. The van der Waals surface area contributed by atoms with Gasteiger partial charge in [0, 0.05) is 18.5 Å². The topological polar surface area (TPSA) is 53.4 Å². The predicted molar refractivity (Wildman–Crippen MR) is 73.8 cm³/mol. The van der Waals surface area contributed by atoms with Crippen LogP contribution in [0.5, 0.6) is 0 Å². The third-order valence-corrected chi connectivity index (χ3v) is 4.30. The van der Waals surface area contributed by atoms with Crippen LogP contribution in [-0.2, 0) is 11.3 Å². The highest BCUT2D eigenvalue weighted by atomic mass is 32.1. The second-order valence-corrected chi connectivity index (χ2v) is 5.88. The molecule has 0 fully saturated rings. The number of nitrogens with zero attached hydrogens (tertiary/aromatic N) is 2. The van der Waals surface area contributed by atoms with Crippen molar-refractivity contribution in [2.75, 3.05) is 13.6 Å². The fourth-order valence-electron chi connectivity index (χ4n) is 2.17. The fraction of sp³-hybridized carbons (Fsp3) is 0.692. The van der Waals surface area contributed by atoms with Crippen LogP contribution in [0.25, 0.3) is 0 Å². The van der Waals surface area contributed by atoms with Gasteiger partial charge in [0.2, 0.25) is 0 Å². The summed E-state index contributed by atoms with van der Waals surface area (Å²) in [5.41, 5.74) is 0.381. The average Bonchev–Trinajstić information content (AvgIpc) is 2.71. The van der Waals surface area contributed by atoms with Crippen molar-refractivity contribution in [3.05, 3.63) is 16.1 Å². The molecule has 0 aliphatic heterocycles. The summed E-state index contributed by atoms with van der Waals surface area (Å²) in [6.45, 7) is 7.13. The Morgan fingerprint density at radius 2 is 2.11 bits per heavy atom. The molecule has 1 heterocycles. The summed E-state index contributed by atoms with van der Waals surface area (Å²) in [5, 5.41) is 12.5. The number of carbonyl (C=O) groups is 1. The van der Waals surface area contributed by atoms with Crippen molar-refractivity contribution >= 4 is 17.3 Å². The van der Waals surface area contributed by atoms with Crippen molar-refractivity contribution < 1.29 is 9.90 Å². The Hall–Kier alpha value is -0.940. The molecule has 0 saturated heterocycles. The molecule has 1 aromatic rings. The summed E-state index contributed by atoms with van der Waals surface area (Å²) in [6.07, 6.45) is 1.30. The molecule has 0 aliphatic rings. The minimum absolute atomic E-state index is 0.561. The second-order valence-electron chi connectivity index (χ2n) is 4.82. The minimum atomic E-state index is -0.700. The molecule has 5 heteroatoms. The molecule has 0 radical (unpaired) electrons. The van der Waals surface area contributed by atoms with Crippen LogP contribution in [0.15, 0.2) is 5.38 Å². The quantitative estimate of drug-likeness (QED) is 0.827. The maximum absolute atomic E-state index is 11.4. The zero-order chi connectivity index (χ0) is 13.8. The molecule has 1 aromatic heterocycles. The number of hydrogen-bond donors (Lipinski definition) is 1. The van der Waals surface area contributed by atoms with Crippen LogP contribution in [0, 0.1) is 12.3 Å². The molecule has 0 saturated carbocycles. The number of carboxylic acids is 1. The van der Waals surface area contributed by atoms with E-state index in [4.69, 9.17) is 0 Å².